The van der Waals surface area contributed by atoms with E-state index < -0.39 is 5.60 Å². The quantitative estimate of drug-likeness (QED) is 0.0351. The molecule has 15 aromatic rings. The number of carbonyl (C=O) groups is 2. The lowest BCUT2D eigenvalue weighted by atomic mass is 10.1. The van der Waals surface area contributed by atoms with Gasteiger partial charge in [-0.2, -0.15) is 0 Å². The monoisotopic (exact) mass is 1990 g/mol. The minimum atomic E-state index is -0.520. The minimum Gasteiger partial charge on any atom is -0.488 e. The molecule has 0 aliphatic heterocycles. The zero-order chi connectivity index (χ0) is 99.5. The van der Waals surface area contributed by atoms with E-state index in [4.69, 9.17) is 33.2 Å². The molecule has 16 heteroatoms. The zero-order valence-electron chi connectivity index (χ0n) is 83.6. The highest BCUT2D eigenvalue weighted by Crippen LogP contribution is 2.45. The van der Waals surface area contributed by atoms with Gasteiger partial charge in [0.1, 0.15) is 45.3 Å². The fraction of sp³-hybridized carbons (Fsp3) is 0.270. The highest BCUT2D eigenvalue weighted by Gasteiger charge is 2.40. The van der Waals surface area contributed by atoms with Crippen LogP contribution in [0.2, 0.25) is 0 Å². The van der Waals surface area contributed by atoms with Gasteiger partial charge in [0.25, 0.3) is 0 Å². The molecule has 0 atom stereocenters. The number of rotatable bonds is 28. The lowest BCUT2D eigenvalue weighted by Gasteiger charge is -2.26. The van der Waals surface area contributed by atoms with Gasteiger partial charge in [-0.25, -0.2) is 18.4 Å². The summed E-state index contributed by atoms with van der Waals surface area (Å²) >= 11 is 0. The van der Waals surface area contributed by atoms with Crippen LogP contribution in [0.4, 0.5) is 8.78 Å². The Morgan fingerprint density at radius 3 is 0.796 bits per heavy atom. The first-order chi connectivity index (χ1) is 68.7. The minimum absolute atomic E-state index is 0.0159. The highest BCUT2D eigenvalue weighted by atomic mass is 32.2. The first kappa shape index (κ1) is 104. The Bertz CT molecular complexity index is 6250. The third-order valence-electron chi connectivity index (χ3n) is 25.6. The predicted octanol–water partition coefficient (Wildman–Crippen LogP) is 32.5. The molecule has 0 amide bonds. The Kier molecular flexibility index (Phi) is 36.5. The average Bonchev–Trinajstić information content (AvgIpc) is 0.960. The van der Waals surface area contributed by atoms with E-state index in [-0.39, 0.29) is 114 Å². The summed E-state index contributed by atoms with van der Waals surface area (Å²) < 4.78 is 70.9. The van der Waals surface area contributed by atoms with Gasteiger partial charge in [0.2, 0.25) is 0 Å². The largest absolute Gasteiger partial charge is 0.488 e. The molecule has 0 heterocycles. The van der Waals surface area contributed by atoms with Crippen LogP contribution in [-0.2, 0) is 73.5 Å². The van der Waals surface area contributed by atoms with E-state index in [1.807, 2.05) is 134 Å². The van der Waals surface area contributed by atoms with Crippen molar-refractivity contribution in [3.05, 3.63) is 422 Å². The standard InChI is InChI=1S/C28H31O3S.C26H29O3S.2C24H24FOS.C24H25OS/c1-21-18-25(32(23-12-6-4-7-13-23)24-14-8-5-9-15-24)19-22(2)27(21)30-20-26(29)31-28(3)16-10-11-17-28;1-19-16-23(17-20(2)25(19)28-18-24(27)29-26(3,4)5)30(21-12-8-6-9-13-21)22-14-10-7-11-15-22;1-24(16-8-9-17-24)26-23-15-14-21(18-22(23)25)27(19-10-4-2-5-11-19)20-12-6-3-7-13-20;1-24(16-8-9-17-24)26-23-18-21(14-15-22(23)25)27(19-10-4-2-5-11-19)20-12-6-3-7-13-20;1-24(18-8-9-19-24)25-20-14-16-23(17-15-20)26(21-10-4-2-5-11-21)22-12-6-3-7-13-22/h4-9,12-15,18-19H,10-11,16-17,20H2,1-3H3;6-17H,18H2,1-5H3;2*2-7,10-15,18H,8-9,16-17H2,1H3;2-7,10-17H,8-9,18-19H2,1H3/q5*+1. The Morgan fingerprint density at radius 1 is 0.261 bits per heavy atom. The summed E-state index contributed by atoms with van der Waals surface area (Å²) in [6.07, 6.45) is 17.6. The van der Waals surface area contributed by atoms with E-state index in [0.29, 0.717) is 11.5 Å². The van der Waals surface area contributed by atoms with Crippen molar-refractivity contribution in [2.75, 3.05) is 13.2 Å². The number of benzene rings is 15. The summed E-state index contributed by atoms with van der Waals surface area (Å²) in [5.74, 6) is 2.05. The Hall–Kier alpha value is -12.2. The van der Waals surface area contributed by atoms with Crippen molar-refractivity contribution in [2.24, 2.45) is 0 Å². The normalized spacial score (nSPS) is 14.7. The van der Waals surface area contributed by atoms with E-state index in [1.54, 1.807) is 18.2 Å². The van der Waals surface area contributed by atoms with Crippen molar-refractivity contribution in [1.29, 1.82) is 0 Å². The van der Waals surface area contributed by atoms with E-state index in [0.717, 1.165) is 139 Å². The molecule has 0 aromatic heterocycles. The molecule has 19 rings (SSSR count). The van der Waals surface area contributed by atoms with Crippen molar-refractivity contribution in [2.45, 2.75) is 280 Å². The van der Waals surface area contributed by atoms with Gasteiger partial charge in [0.15, 0.2) is 110 Å². The van der Waals surface area contributed by atoms with E-state index in [2.05, 4.69) is 312 Å². The number of hydrogen-bond donors (Lipinski definition) is 0. The maximum Gasteiger partial charge on any atom is 0.344 e. The summed E-state index contributed by atoms with van der Waals surface area (Å²) in [5.41, 5.74) is 2.77. The van der Waals surface area contributed by atoms with Crippen LogP contribution >= 0.6 is 0 Å². The van der Waals surface area contributed by atoms with Crippen LogP contribution in [0.5, 0.6) is 28.7 Å². The molecule has 0 radical (unpaired) electrons. The average molecular weight is 1990 g/mol. The Labute approximate surface area is 855 Å². The molecule has 15 aromatic carbocycles. The third-order valence-corrected chi connectivity index (χ3v) is 36.7. The first-order valence-corrected chi connectivity index (χ1v) is 55.7. The van der Waals surface area contributed by atoms with Crippen LogP contribution in [0.3, 0.4) is 0 Å². The molecule has 0 saturated heterocycles. The molecule has 9 nitrogen and oxygen atoms in total. The van der Waals surface area contributed by atoms with Gasteiger partial charge < -0.3 is 33.2 Å². The van der Waals surface area contributed by atoms with Crippen LogP contribution in [0.15, 0.2) is 462 Å². The summed E-state index contributed by atoms with van der Waals surface area (Å²) in [7, 11) is -1.16. The third kappa shape index (κ3) is 28.9. The van der Waals surface area contributed by atoms with Crippen LogP contribution in [0, 0.1) is 39.3 Å². The molecule has 730 valence electrons. The topological polar surface area (TPSA) is 98.8 Å². The second-order valence-corrected chi connectivity index (χ2v) is 48.8. The maximum atomic E-state index is 14.9. The fourth-order valence-electron chi connectivity index (χ4n) is 18.8. The molecule has 4 aliphatic rings. The zero-order valence-corrected chi connectivity index (χ0v) is 87.7. The lowest BCUT2D eigenvalue weighted by Crippen LogP contribution is -2.30. The van der Waals surface area contributed by atoms with Crippen LogP contribution in [-0.4, -0.2) is 53.2 Å². The van der Waals surface area contributed by atoms with E-state index in [1.165, 1.54) is 76.5 Å². The number of aryl methyl sites for hydroxylation is 4. The van der Waals surface area contributed by atoms with Gasteiger partial charge in [-0.1, -0.05) is 182 Å². The molecule has 4 aliphatic carbocycles. The number of esters is 2. The lowest BCUT2D eigenvalue weighted by molar-refractivity contribution is -0.160. The van der Waals surface area contributed by atoms with Crippen LogP contribution in [0.1, 0.15) is 173 Å². The first-order valence-electron chi connectivity index (χ1n) is 49.6. The second kappa shape index (κ2) is 49.7. The molecule has 0 N–H and O–H groups in total. The molecule has 0 bridgehead atoms. The Balaban J connectivity index is 0.000000134. The van der Waals surface area contributed by atoms with Crippen molar-refractivity contribution >= 4 is 66.4 Å². The SMILES string of the molecule is CC1(Oc2cc([S+](c3ccccc3)c3ccccc3)ccc2F)CCCC1.CC1(Oc2ccc([S+](c3ccccc3)c3ccccc3)cc2)CCCC1.CC1(Oc2ccc([S+](c3ccccc3)c3ccccc3)cc2F)CCCC1.Cc1cc([S+](c2ccccc2)c2ccccc2)cc(C)c1OCC(=O)OC(C)(C)C.Cc1cc([S+](c2ccccc2)c2ccccc2)cc(C)c1OCC(=O)OC1(C)CCCC1. The molecule has 0 spiro atoms. The molecule has 4 fully saturated rings. The molecular weight excluding hydrogens is 1860 g/mol. The van der Waals surface area contributed by atoms with Gasteiger partial charge in [0.05, 0.1) is 54.5 Å². The van der Waals surface area contributed by atoms with Crippen molar-refractivity contribution in [3.63, 3.8) is 0 Å². The predicted molar refractivity (Wildman–Crippen MR) is 579 cm³/mol. The summed E-state index contributed by atoms with van der Waals surface area (Å²) in [4.78, 5) is 42.9. The van der Waals surface area contributed by atoms with Crippen LogP contribution in [0.25, 0.3) is 0 Å². The van der Waals surface area contributed by atoms with Gasteiger partial charge in [-0.3, -0.25) is 0 Å². The molecular formula is C126H133F2O9S5+5. The molecule has 142 heavy (non-hydrogen) atoms. The summed E-state index contributed by atoms with van der Waals surface area (Å²) in [6.45, 7) is 22.0. The number of ether oxygens (including phenoxy) is 7. The second-order valence-electron chi connectivity index (χ2n) is 38.7. The summed E-state index contributed by atoms with van der Waals surface area (Å²) in [5, 5.41) is 0. The number of carbonyl (C=O) groups excluding carboxylic acids is 2. The number of hydrogen-bond acceptors (Lipinski definition) is 9. The van der Waals surface area contributed by atoms with Gasteiger partial charge >= 0.3 is 11.9 Å². The Morgan fingerprint density at radius 2 is 0.500 bits per heavy atom. The maximum absolute atomic E-state index is 14.9. The highest BCUT2D eigenvalue weighted by molar-refractivity contribution is 7.98. The van der Waals surface area contributed by atoms with Crippen molar-refractivity contribution < 1.29 is 51.5 Å². The van der Waals surface area contributed by atoms with E-state index in [9.17, 15) is 18.4 Å². The fourth-order valence-corrected chi connectivity index (χ4v) is 29.6. The van der Waals surface area contributed by atoms with Gasteiger partial charge in [-0.05, 0) is 371 Å². The van der Waals surface area contributed by atoms with Crippen molar-refractivity contribution in [3.8, 4) is 28.7 Å². The van der Waals surface area contributed by atoms with Crippen molar-refractivity contribution in [1.82, 2.24) is 0 Å². The molecule has 0 unspecified atom stereocenters. The van der Waals surface area contributed by atoms with E-state index >= 15 is 0 Å². The smallest absolute Gasteiger partial charge is 0.344 e. The number of halogens is 2. The van der Waals surface area contributed by atoms with Gasteiger partial charge in [-0.15, -0.1) is 0 Å². The summed E-state index contributed by atoms with van der Waals surface area (Å²) in [6, 6.07) is 134. The molecule has 4 saturated carbocycles. The van der Waals surface area contributed by atoms with Crippen LogP contribution < -0.4 is 23.7 Å². The van der Waals surface area contributed by atoms with Gasteiger partial charge in [0, 0.05) is 36.4 Å².